The number of ether oxygens (including phenoxy) is 10. The van der Waals surface area contributed by atoms with Crippen molar-refractivity contribution in [1.82, 2.24) is 4.90 Å². The third kappa shape index (κ3) is 16.5. The van der Waals surface area contributed by atoms with Crippen molar-refractivity contribution in [3.05, 3.63) is 47.6 Å². The van der Waals surface area contributed by atoms with Gasteiger partial charge in [-0.25, -0.2) is 4.79 Å². The van der Waals surface area contributed by atoms with Crippen LogP contribution in [-0.4, -0.2) is 186 Å². The van der Waals surface area contributed by atoms with E-state index in [4.69, 9.17) is 47.4 Å². The smallest absolute Gasteiger partial charge is 0.329 e. The van der Waals surface area contributed by atoms with Crippen molar-refractivity contribution < 1.29 is 81.6 Å². The fourth-order valence-electron chi connectivity index (χ4n) is 12.4. The molecule has 77 heavy (non-hydrogen) atoms. The Balaban J connectivity index is 1.31. The van der Waals surface area contributed by atoms with Gasteiger partial charge in [-0.05, 0) is 101 Å². The predicted molar refractivity (Wildman–Crippen MR) is 284 cm³/mol. The number of allylic oxidation sites excluding steroid dienone is 6. The maximum atomic E-state index is 14.8. The summed E-state index contributed by atoms with van der Waals surface area (Å²) in [6.45, 7) is 13.8. The Morgan fingerprint density at radius 2 is 1.51 bits per heavy atom. The number of methoxy groups -OCH3 is 3. The van der Waals surface area contributed by atoms with E-state index < -0.39 is 77.8 Å². The Hall–Kier alpha value is -3.53. The Labute approximate surface area is 456 Å². The van der Waals surface area contributed by atoms with Gasteiger partial charge in [-0.3, -0.25) is 19.2 Å². The number of ketones is 3. The highest BCUT2D eigenvalue weighted by molar-refractivity contribution is 6.39. The topological polar surface area (TPSA) is 221 Å². The quantitative estimate of drug-likeness (QED) is 0.0798. The van der Waals surface area contributed by atoms with Gasteiger partial charge in [-0.1, -0.05) is 64.2 Å². The number of aliphatic hydroxyl groups is 2. The molecule has 3 unspecified atom stereocenters. The minimum atomic E-state index is -2.49. The van der Waals surface area contributed by atoms with E-state index in [1.807, 2.05) is 58.1 Å². The molecule has 1 saturated carbocycles. The summed E-state index contributed by atoms with van der Waals surface area (Å²) in [4.78, 5) is 73.8. The number of esters is 1. The molecular formula is C59H91NO17. The molecule has 6 rings (SSSR count). The number of nitrogens with zero attached hydrogens (tertiary/aromatic N) is 1. The SMILES string of the molecule is CO[C@@H]1/C(C)=C/[C@@H](C)C(=O)C[C@@H]2OC(=O)C3[C@H](CCCN3C(=O)C(=O)[C@]3(O)O[C@@H](CC[C@H]3C)CC(OCCOCCOC3COC3)/C(C)=C/C=C/C=C/[C@@H](C)C[C@@H](C)C(=O)[C@@H]1OC)C2C[C@@H]1CC[C@@H](OCCO)[C@H](OC)C1. The van der Waals surface area contributed by atoms with Crippen LogP contribution in [0.2, 0.25) is 0 Å². The van der Waals surface area contributed by atoms with E-state index in [9.17, 15) is 34.2 Å². The van der Waals surface area contributed by atoms with Gasteiger partial charge in [0, 0.05) is 64.4 Å². The van der Waals surface area contributed by atoms with E-state index in [2.05, 4.69) is 0 Å². The Kier molecular flexibility index (Phi) is 24.7. The van der Waals surface area contributed by atoms with Crippen molar-refractivity contribution in [2.24, 2.45) is 41.4 Å². The lowest BCUT2D eigenvalue weighted by molar-refractivity contribution is -0.266. The summed E-state index contributed by atoms with van der Waals surface area (Å²) < 4.78 is 59.4. The van der Waals surface area contributed by atoms with Gasteiger partial charge in [-0.15, -0.1) is 0 Å². The molecule has 4 bridgehead atoms. The number of piperidine rings is 1. The van der Waals surface area contributed by atoms with E-state index in [0.717, 1.165) is 12.0 Å². The van der Waals surface area contributed by atoms with E-state index >= 15 is 0 Å². The highest BCUT2D eigenvalue weighted by Gasteiger charge is 2.57. The van der Waals surface area contributed by atoms with Gasteiger partial charge in [0.1, 0.15) is 36.2 Å². The van der Waals surface area contributed by atoms with Crippen LogP contribution < -0.4 is 0 Å². The normalized spacial score (nSPS) is 39.0. The molecule has 434 valence electrons. The van der Waals surface area contributed by atoms with E-state index in [0.29, 0.717) is 90.0 Å². The predicted octanol–water partition coefficient (Wildman–Crippen LogP) is 5.87. The standard InChI is InChI=1S/C59H91NO17/c1-36-14-11-10-12-15-37(2)49(75-27-25-71-24-26-73-44-34-72-35-44)32-43-19-17-41(6)59(67,77-43)56(64)57(65)60-21-13-16-45-46(30-42-18-20-48(74-23-22-61)51(31-42)68-7)50(76-58(66)52(45)60)33-47(62)38(3)29-40(5)54(69-8)55(70-9)53(63)39(4)28-36/h10-12,14-15,29,36,38-39,41-46,48-52,54-55,61,67H,13,16-28,30-35H2,1-9H3/b12-10+,14-11+,37-15+,40-29+/t36-,38-,39-,41-,42+,43+,45-,46?,48-,49?,50+,51-,52?,54-,55+,59-/m1/s1. The lowest BCUT2D eigenvalue weighted by Crippen LogP contribution is -2.65. The molecule has 1 aliphatic carbocycles. The van der Waals surface area contributed by atoms with Crippen molar-refractivity contribution in [1.29, 1.82) is 0 Å². The van der Waals surface area contributed by atoms with Crippen LogP contribution in [0, 0.1) is 41.4 Å². The van der Waals surface area contributed by atoms with E-state index in [1.165, 1.54) is 19.1 Å². The van der Waals surface area contributed by atoms with Gasteiger partial charge in [0.25, 0.3) is 11.7 Å². The van der Waals surface area contributed by atoms with Gasteiger partial charge < -0.3 is 62.5 Å². The molecule has 0 aromatic carbocycles. The fourth-order valence-corrected chi connectivity index (χ4v) is 12.4. The molecule has 5 heterocycles. The van der Waals surface area contributed by atoms with Crippen molar-refractivity contribution in [3.63, 3.8) is 0 Å². The minimum Gasteiger partial charge on any atom is -0.460 e. The van der Waals surface area contributed by atoms with Crippen molar-refractivity contribution in [2.45, 2.75) is 173 Å². The first-order valence-corrected chi connectivity index (χ1v) is 28.4. The molecule has 0 spiro atoms. The number of aliphatic hydroxyl groups excluding tert-OH is 1. The van der Waals surface area contributed by atoms with Crippen molar-refractivity contribution in [3.8, 4) is 0 Å². The molecule has 6 aliphatic rings. The molecule has 18 nitrogen and oxygen atoms in total. The lowest BCUT2D eigenvalue weighted by atomic mass is 9.68. The number of hydrogen-bond donors (Lipinski definition) is 2. The van der Waals surface area contributed by atoms with Crippen LogP contribution >= 0.6 is 0 Å². The van der Waals surface area contributed by atoms with Gasteiger partial charge in [0.05, 0.1) is 77.3 Å². The van der Waals surface area contributed by atoms with Crippen LogP contribution in [0.25, 0.3) is 0 Å². The second kappa shape index (κ2) is 30.3. The second-order valence-electron chi connectivity index (χ2n) is 22.6. The molecule has 16 atom stereocenters. The zero-order valence-electron chi connectivity index (χ0n) is 47.3. The highest BCUT2D eigenvalue weighted by Crippen LogP contribution is 2.46. The molecule has 0 radical (unpaired) electrons. The number of fused-ring (bicyclic) bond motifs is 4. The average molecular weight is 1090 g/mol. The van der Waals surface area contributed by atoms with E-state index in [1.54, 1.807) is 27.0 Å². The molecule has 0 aromatic heterocycles. The van der Waals surface area contributed by atoms with Crippen molar-refractivity contribution in [2.75, 3.05) is 80.7 Å². The van der Waals surface area contributed by atoms with Gasteiger partial charge in [0.15, 0.2) is 5.78 Å². The molecule has 5 fully saturated rings. The maximum absolute atomic E-state index is 14.8. The lowest BCUT2D eigenvalue weighted by Gasteiger charge is -2.50. The summed E-state index contributed by atoms with van der Waals surface area (Å²) in [5.74, 6) is -8.20. The van der Waals surface area contributed by atoms with Crippen molar-refractivity contribution >= 4 is 29.2 Å². The second-order valence-corrected chi connectivity index (χ2v) is 22.6. The first-order chi connectivity index (χ1) is 36.9. The van der Waals surface area contributed by atoms with Crippen LogP contribution in [0.4, 0.5) is 0 Å². The van der Waals surface area contributed by atoms with Crippen LogP contribution in [0.3, 0.4) is 0 Å². The monoisotopic (exact) mass is 1090 g/mol. The average Bonchev–Trinajstić information content (AvgIpc) is 3.41. The Bertz CT molecular complexity index is 2070. The van der Waals surface area contributed by atoms with Crippen LogP contribution in [0.5, 0.6) is 0 Å². The number of carbonyl (C=O) groups excluding carboxylic acids is 5. The number of amides is 1. The van der Waals surface area contributed by atoms with Gasteiger partial charge in [-0.2, -0.15) is 0 Å². The molecular weight excluding hydrogens is 995 g/mol. The Morgan fingerprint density at radius 1 is 0.766 bits per heavy atom. The number of hydrogen-bond acceptors (Lipinski definition) is 17. The molecule has 0 aromatic rings. The largest absolute Gasteiger partial charge is 0.460 e. The molecule has 4 saturated heterocycles. The molecule has 5 aliphatic heterocycles. The zero-order chi connectivity index (χ0) is 55.8. The van der Waals surface area contributed by atoms with E-state index in [-0.39, 0.29) is 92.8 Å². The summed E-state index contributed by atoms with van der Waals surface area (Å²) in [6.07, 6.45) is 12.6. The van der Waals surface area contributed by atoms with Gasteiger partial charge >= 0.3 is 5.97 Å². The zero-order valence-corrected chi connectivity index (χ0v) is 47.3. The molecule has 2 N–H and O–H groups in total. The minimum absolute atomic E-state index is 0.0295. The van der Waals surface area contributed by atoms with Gasteiger partial charge in [0.2, 0.25) is 5.79 Å². The third-order valence-electron chi connectivity index (χ3n) is 17.0. The molecule has 1 amide bonds. The summed E-state index contributed by atoms with van der Waals surface area (Å²) >= 11 is 0. The van der Waals surface area contributed by atoms with Crippen LogP contribution in [-0.2, 0) is 71.3 Å². The first-order valence-electron chi connectivity index (χ1n) is 28.4. The van der Waals surface area contributed by atoms with Crippen LogP contribution in [0.1, 0.15) is 112 Å². The summed E-state index contributed by atoms with van der Waals surface area (Å²) in [7, 11) is 4.63. The maximum Gasteiger partial charge on any atom is 0.329 e. The number of rotatable bonds is 16. The first kappa shape index (κ1) is 62.7. The van der Waals surface area contributed by atoms with Crippen LogP contribution in [0.15, 0.2) is 47.6 Å². The summed E-state index contributed by atoms with van der Waals surface area (Å²) in [6, 6.07) is -1.14. The molecule has 18 heteroatoms. The number of Topliss-reactive ketones (excluding diaryl/α,β-unsaturated/α-hetero) is 3. The summed E-state index contributed by atoms with van der Waals surface area (Å²) in [5, 5.41) is 21.8. The highest BCUT2D eigenvalue weighted by atomic mass is 16.6. The summed E-state index contributed by atoms with van der Waals surface area (Å²) in [5.41, 5.74) is 1.50. The number of carbonyl (C=O) groups is 5. The third-order valence-corrected chi connectivity index (χ3v) is 17.0. The fraction of sp³-hybridized carbons (Fsp3) is 0.780. The Morgan fingerprint density at radius 3 is 2.19 bits per heavy atom.